The largest absolute Gasteiger partial charge is 0.493 e. The molecular weight excluding hydrogens is 324 g/mol. The number of hydrogen-bond acceptors (Lipinski definition) is 6. The molecule has 0 atom stereocenters. The highest BCUT2D eigenvalue weighted by Gasteiger charge is 2.12. The van der Waals surface area contributed by atoms with Gasteiger partial charge in [-0.2, -0.15) is 5.10 Å². The van der Waals surface area contributed by atoms with Crippen molar-refractivity contribution < 1.29 is 19.1 Å². The van der Waals surface area contributed by atoms with E-state index in [2.05, 4.69) is 20.8 Å². The highest BCUT2D eigenvalue weighted by Crippen LogP contribution is 2.26. The fourth-order valence-electron chi connectivity index (χ4n) is 1.91. The van der Waals surface area contributed by atoms with E-state index in [1.807, 2.05) is 0 Å². The van der Waals surface area contributed by atoms with Crippen molar-refractivity contribution >= 4 is 18.0 Å². The monoisotopic (exact) mass is 342 g/mol. The maximum Gasteiger partial charge on any atom is 0.329 e. The first kappa shape index (κ1) is 17.9. The lowest BCUT2D eigenvalue weighted by molar-refractivity contribution is -0.139. The number of nitrogens with one attached hydrogen (secondary N) is 2. The van der Waals surface area contributed by atoms with Gasteiger partial charge in [0.15, 0.2) is 11.5 Å². The highest BCUT2D eigenvalue weighted by molar-refractivity contribution is 6.35. The van der Waals surface area contributed by atoms with Crippen molar-refractivity contribution in [2.45, 2.75) is 6.54 Å². The summed E-state index contributed by atoms with van der Waals surface area (Å²) in [6.07, 6.45) is 4.63. The maximum atomic E-state index is 11.7. The first-order chi connectivity index (χ1) is 12.1. The minimum atomic E-state index is -0.861. The molecule has 0 bridgehead atoms. The van der Waals surface area contributed by atoms with Crippen LogP contribution in [0.2, 0.25) is 0 Å². The quantitative estimate of drug-likeness (QED) is 0.461. The molecule has 2 amide bonds. The molecule has 1 aromatic heterocycles. The third-order valence-corrected chi connectivity index (χ3v) is 3.17. The van der Waals surface area contributed by atoms with Crippen LogP contribution in [0.5, 0.6) is 11.5 Å². The Kier molecular flexibility index (Phi) is 6.47. The van der Waals surface area contributed by atoms with Crippen molar-refractivity contribution in [3.63, 3.8) is 0 Å². The summed E-state index contributed by atoms with van der Waals surface area (Å²) in [5.41, 5.74) is 3.63. The first-order valence-electron chi connectivity index (χ1n) is 7.36. The highest BCUT2D eigenvalue weighted by atomic mass is 16.5. The number of ether oxygens (including phenoxy) is 2. The zero-order chi connectivity index (χ0) is 18.1. The van der Waals surface area contributed by atoms with E-state index < -0.39 is 11.8 Å². The molecule has 0 spiro atoms. The lowest BCUT2D eigenvalue weighted by Crippen LogP contribution is -2.37. The molecule has 2 N–H and O–H groups in total. The molecule has 25 heavy (non-hydrogen) atoms. The van der Waals surface area contributed by atoms with Crippen molar-refractivity contribution in [1.29, 1.82) is 0 Å². The average Bonchev–Trinajstić information content (AvgIpc) is 2.66. The second kappa shape index (κ2) is 9.02. The minimum absolute atomic E-state index is 0.208. The van der Waals surface area contributed by atoms with Crippen LogP contribution in [-0.4, -0.2) is 37.2 Å². The van der Waals surface area contributed by atoms with E-state index in [9.17, 15) is 9.59 Å². The molecule has 0 aliphatic carbocycles. The zero-order valence-electron chi connectivity index (χ0n) is 13.9. The van der Waals surface area contributed by atoms with Crippen molar-refractivity contribution in [3.8, 4) is 11.5 Å². The molecule has 1 aromatic carbocycles. The molecule has 0 unspecified atom stereocenters. The average molecular weight is 342 g/mol. The molecule has 8 heteroatoms. The van der Waals surface area contributed by atoms with Crippen molar-refractivity contribution in [1.82, 2.24) is 15.7 Å². The van der Waals surface area contributed by atoms with Crippen molar-refractivity contribution in [3.05, 3.63) is 53.9 Å². The van der Waals surface area contributed by atoms with E-state index in [1.165, 1.54) is 20.4 Å². The van der Waals surface area contributed by atoms with E-state index in [1.54, 1.807) is 42.7 Å². The van der Waals surface area contributed by atoms with Crippen LogP contribution in [0.15, 0.2) is 47.8 Å². The number of hydrogen-bond donors (Lipinski definition) is 2. The summed E-state index contributed by atoms with van der Waals surface area (Å²) in [5, 5.41) is 6.23. The topological polar surface area (TPSA) is 102 Å². The number of carbonyl (C=O) groups is 2. The summed E-state index contributed by atoms with van der Waals surface area (Å²) in [5.74, 6) is -0.528. The van der Waals surface area contributed by atoms with E-state index >= 15 is 0 Å². The summed E-state index contributed by atoms with van der Waals surface area (Å²) in [6.45, 7) is 0.208. The number of aromatic nitrogens is 1. The van der Waals surface area contributed by atoms with E-state index in [-0.39, 0.29) is 6.54 Å². The van der Waals surface area contributed by atoms with E-state index in [4.69, 9.17) is 9.47 Å². The standard InChI is InChI=1S/C17H18N4O4/c1-24-14-6-5-12(8-15(14)25-2)11-20-21-17(23)16(22)19-10-13-4-3-7-18-9-13/h3-9,11H,10H2,1-2H3,(H,19,22)(H,21,23)/b20-11+. The van der Waals surface area contributed by atoms with E-state index in [0.717, 1.165) is 5.56 Å². The van der Waals surface area contributed by atoms with Crippen LogP contribution in [0, 0.1) is 0 Å². The second-order valence-corrected chi connectivity index (χ2v) is 4.86. The van der Waals surface area contributed by atoms with Crippen LogP contribution in [-0.2, 0) is 16.1 Å². The molecule has 2 aromatic rings. The normalized spacial score (nSPS) is 10.3. The third-order valence-electron chi connectivity index (χ3n) is 3.17. The summed E-state index contributed by atoms with van der Waals surface area (Å²) in [6, 6.07) is 8.68. The molecule has 0 aliphatic rings. The molecular formula is C17H18N4O4. The minimum Gasteiger partial charge on any atom is -0.493 e. The van der Waals surface area contributed by atoms with Gasteiger partial charge in [-0.15, -0.1) is 0 Å². The van der Waals surface area contributed by atoms with Gasteiger partial charge in [0.05, 0.1) is 20.4 Å². The van der Waals surface area contributed by atoms with Crippen LogP contribution in [0.3, 0.4) is 0 Å². The van der Waals surface area contributed by atoms with Crippen LogP contribution in [0.25, 0.3) is 0 Å². The van der Waals surface area contributed by atoms with Gasteiger partial charge < -0.3 is 14.8 Å². The molecule has 8 nitrogen and oxygen atoms in total. The zero-order valence-corrected chi connectivity index (χ0v) is 13.9. The Morgan fingerprint density at radius 2 is 1.96 bits per heavy atom. The molecule has 2 rings (SSSR count). The van der Waals surface area contributed by atoms with Gasteiger partial charge in [0, 0.05) is 18.9 Å². The van der Waals surface area contributed by atoms with Crippen LogP contribution in [0.4, 0.5) is 0 Å². The van der Waals surface area contributed by atoms with Gasteiger partial charge in [-0.1, -0.05) is 6.07 Å². The third kappa shape index (κ3) is 5.31. The molecule has 0 saturated carbocycles. The summed E-state index contributed by atoms with van der Waals surface area (Å²) in [7, 11) is 3.06. The van der Waals surface area contributed by atoms with Crippen LogP contribution < -0.4 is 20.2 Å². The van der Waals surface area contributed by atoms with Gasteiger partial charge in [-0.25, -0.2) is 5.43 Å². The van der Waals surface area contributed by atoms with Gasteiger partial charge >= 0.3 is 11.8 Å². The van der Waals surface area contributed by atoms with E-state index in [0.29, 0.717) is 17.1 Å². The van der Waals surface area contributed by atoms with Crippen LogP contribution >= 0.6 is 0 Å². The second-order valence-electron chi connectivity index (χ2n) is 4.86. The number of hydrazone groups is 1. The smallest absolute Gasteiger partial charge is 0.329 e. The van der Waals surface area contributed by atoms with Gasteiger partial charge in [-0.05, 0) is 35.4 Å². The van der Waals surface area contributed by atoms with Gasteiger partial charge in [0.1, 0.15) is 0 Å². The number of benzene rings is 1. The van der Waals surface area contributed by atoms with Crippen LogP contribution in [0.1, 0.15) is 11.1 Å². The first-order valence-corrected chi connectivity index (χ1v) is 7.36. The predicted molar refractivity (Wildman–Crippen MR) is 91.4 cm³/mol. The SMILES string of the molecule is COc1ccc(/C=N/NC(=O)C(=O)NCc2cccnc2)cc1OC. The molecule has 130 valence electrons. The molecule has 0 fully saturated rings. The summed E-state index contributed by atoms with van der Waals surface area (Å²) >= 11 is 0. The number of carbonyl (C=O) groups excluding carboxylic acids is 2. The number of pyridine rings is 1. The number of methoxy groups -OCH3 is 2. The fraction of sp³-hybridized carbons (Fsp3) is 0.176. The lowest BCUT2D eigenvalue weighted by atomic mass is 10.2. The number of nitrogens with zero attached hydrogens (tertiary/aromatic N) is 2. The predicted octanol–water partition coefficient (Wildman–Crippen LogP) is 0.865. The molecule has 1 heterocycles. The Morgan fingerprint density at radius 1 is 1.16 bits per heavy atom. The van der Waals surface area contributed by atoms with Gasteiger partial charge in [0.2, 0.25) is 0 Å². The Hall–Kier alpha value is -3.42. The Balaban J connectivity index is 1.86. The van der Waals surface area contributed by atoms with Crippen molar-refractivity contribution in [2.75, 3.05) is 14.2 Å². The summed E-state index contributed by atoms with van der Waals surface area (Å²) < 4.78 is 10.3. The molecule has 0 saturated heterocycles. The van der Waals surface area contributed by atoms with Gasteiger partial charge in [-0.3, -0.25) is 14.6 Å². The molecule has 0 aliphatic heterocycles. The Morgan fingerprint density at radius 3 is 2.64 bits per heavy atom. The number of rotatable bonds is 6. The maximum absolute atomic E-state index is 11.7. The van der Waals surface area contributed by atoms with Gasteiger partial charge in [0.25, 0.3) is 0 Å². The summed E-state index contributed by atoms with van der Waals surface area (Å²) in [4.78, 5) is 27.3. The number of amides is 2. The lowest BCUT2D eigenvalue weighted by Gasteiger charge is -2.07. The molecule has 0 radical (unpaired) electrons. The Bertz CT molecular complexity index is 762. The Labute approximate surface area is 144 Å². The van der Waals surface area contributed by atoms with Crippen molar-refractivity contribution in [2.24, 2.45) is 5.10 Å². The fourth-order valence-corrected chi connectivity index (χ4v) is 1.91.